The van der Waals surface area contributed by atoms with E-state index in [2.05, 4.69) is 11.9 Å². The number of likely N-dealkylation sites (tertiary alicyclic amines) is 1. The number of aryl methyl sites for hydroxylation is 1. The largest absolute Gasteiger partial charge is 0.416 e. The van der Waals surface area contributed by atoms with Crippen molar-refractivity contribution in [1.29, 1.82) is 0 Å². The summed E-state index contributed by atoms with van der Waals surface area (Å²) in [5, 5.41) is 1.26. The van der Waals surface area contributed by atoms with Crippen LogP contribution in [-0.2, 0) is 12.7 Å². The minimum atomic E-state index is -4.40. The number of aromatic nitrogens is 2. The van der Waals surface area contributed by atoms with Crippen molar-refractivity contribution in [2.45, 2.75) is 59.3 Å². The number of hydrogen-bond acceptors (Lipinski definition) is 3. The van der Waals surface area contributed by atoms with Crippen LogP contribution in [0.15, 0.2) is 54.7 Å². The maximum Gasteiger partial charge on any atom is 0.416 e. The number of benzene rings is 2. The average Bonchev–Trinajstić information content (AvgIpc) is 3.49. The Balaban J connectivity index is 0.00000164. The molecule has 9 heteroatoms. The van der Waals surface area contributed by atoms with Crippen LogP contribution in [0.25, 0.3) is 21.3 Å². The van der Waals surface area contributed by atoms with E-state index in [0.29, 0.717) is 34.6 Å². The number of piperidine rings is 1. The number of carbonyl (C=O) groups excluding carboxylic acids is 1. The molecule has 0 N–H and O–H groups in total. The summed E-state index contributed by atoms with van der Waals surface area (Å²) in [6, 6.07) is 11.3. The second-order valence-electron chi connectivity index (χ2n) is 9.34. The Morgan fingerprint density at radius 2 is 1.82 bits per heavy atom. The van der Waals surface area contributed by atoms with Gasteiger partial charge in [0, 0.05) is 30.2 Å². The summed E-state index contributed by atoms with van der Waals surface area (Å²) in [4.78, 5) is 20.9. The van der Waals surface area contributed by atoms with Gasteiger partial charge in [-0.25, -0.2) is 9.37 Å². The molecule has 1 aliphatic heterocycles. The molecule has 1 aliphatic rings. The number of fused-ring (bicyclic) bond motifs is 1. The van der Waals surface area contributed by atoms with Gasteiger partial charge in [0.1, 0.15) is 11.5 Å². The molecule has 2 aromatic carbocycles. The van der Waals surface area contributed by atoms with Crippen molar-refractivity contribution in [3.63, 3.8) is 0 Å². The summed E-state index contributed by atoms with van der Waals surface area (Å²) >= 11 is 1.40. The number of carbonyl (C=O) groups is 1. The van der Waals surface area contributed by atoms with Crippen LogP contribution >= 0.6 is 11.3 Å². The molecule has 1 amide bonds. The predicted molar refractivity (Wildman–Crippen MR) is 144 cm³/mol. The fourth-order valence-electron chi connectivity index (χ4n) is 5.02. The van der Waals surface area contributed by atoms with Gasteiger partial charge in [-0.2, -0.15) is 13.2 Å². The number of nitrogens with zero attached hydrogens (tertiary/aromatic N) is 3. The van der Waals surface area contributed by atoms with Crippen LogP contribution in [0.1, 0.15) is 54.7 Å². The summed E-state index contributed by atoms with van der Waals surface area (Å²) in [6.07, 6.45) is -0.802. The summed E-state index contributed by atoms with van der Waals surface area (Å²) in [7, 11) is 0. The van der Waals surface area contributed by atoms with Crippen LogP contribution in [0.3, 0.4) is 0 Å². The molecule has 3 heterocycles. The van der Waals surface area contributed by atoms with Crippen LogP contribution in [0.4, 0.5) is 17.6 Å². The van der Waals surface area contributed by atoms with Crippen LogP contribution in [0.5, 0.6) is 0 Å². The van der Waals surface area contributed by atoms with Crippen LogP contribution in [0.2, 0.25) is 0 Å². The lowest BCUT2D eigenvalue weighted by Gasteiger charge is -2.40. The monoisotopic (exact) mass is 545 g/mol. The van der Waals surface area contributed by atoms with Gasteiger partial charge in [0.05, 0.1) is 21.5 Å². The number of rotatable bonds is 4. The number of alkyl halides is 3. The lowest BCUT2D eigenvalue weighted by molar-refractivity contribution is -0.137. The number of thiazole rings is 1. The minimum Gasteiger partial charge on any atom is -0.345 e. The summed E-state index contributed by atoms with van der Waals surface area (Å²) < 4.78 is 54.9. The lowest BCUT2D eigenvalue weighted by Crippen LogP contribution is -2.49. The first-order chi connectivity index (χ1) is 18.1. The summed E-state index contributed by atoms with van der Waals surface area (Å²) in [5.74, 6) is -0.325. The lowest BCUT2D eigenvalue weighted by atomic mass is 9.90. The Hall–Kier alpha value is -3.20. The topological polar surface area (TPSA) is 38.1 Å². The molecule has 202 valence electrons. The third-order valence-electron chi connectivity index (χ3n) is 6.90. The van der Waals surface area contributed by atoms with Gasteiger partial charge in [-0.1, -0.05) is 32.9 Å². The zero-order valence-electron chi connectivity index (χ0n) is 21.8. The fraction of sp³-hybridized carbons (Fsp3) is 0.379. The smallest absolute Gasteiger partial charge is 0.345 e. The standard InChI is InChI=1S/C27H25F4N3OS.C2H6/c1-16-4-3-12-34(26(35)24-25(36-17(2)32-24)18-5-8-21(28)9-6-18)23(16)15-33-13-11-19-14-20(27(29,30)31)7-10-22(19)33;1-2/h5-11,13-14,16,23H,3-4,12,15H2,1-2H3;1-2H3. The SMILES string of the molecule is CC.Cc1nc(C(=O)N2CCCC(C)C2Cn2ccc3cc(C(F)(F)F)ccc32)c(-c2ccc(F)cc2)s1. The summed E-state index contributed by atoms with van der Waals surface area (Å²) in [5.41, 5.74) is 1.12. The highest BCUT2D eigenvalue weighted by Crippen LogP contribution is 2.35. The quantitative estimate of drug-likeness (QED) is 0.243. The van der Waals surface area contributed by atoms with Crippen LogP contribution in [-0.4, -0.2) is 32.9 Å². The molecule has 1 saturated heterocycles. The first-order valence-electron chi connectivity index (χ1n) is 12.8. The van der Waals surface area contributed by atoms with Gasteiger partial charge in [0.25, 0.3) is 5.91 Å². The highest BCUT2D eigenvalue weighted by atomic mass is 32.1. The van der Waals surface area contributed by atoms with Gasteiger partial charge in [-0.05, 0) is 67.6 Å². The Bertz CT molecular complexity index is 1410. The maximum atomic E-state index is 13.8. The van der Waals surface area contributed by atoms with Crippen LogP contribution < -0.4 is 0 Å². The third kappa shape index (κ3) is 5.62. The number of hydrogen-bond donors (Lipinski definition) is 0. The average molecular weight is 546 g/mol. The molecule has 0 spiro atoms. The first kappa shape index (κ1) is 27.8. The molecule has 2 atom stereocenters. The van der Waals surface area contributed by atoms with E-state index in [1.165, 1.54) is 29.5 Å². The molecule has 4 nitrogen and oxygen atoms in total. The van der Waals surface area contributed by atoms with Crippen molar-refractivity contribution in [2.75, 3.05) is 6.54 Å². The highest BCUT2D eigenvalue weighted by molar-refractivity contribution is 7.15. The zero-order chi connectivity index (χ0) is 27.6. The van der Waals surface area contributed by atoms with Gasteiger partial charge in [0.2, 0.25) is 0 Å². The van der Waals surface area contributed by atoms with E-state index >= 15 is 0 Å². The van der Waals surface area contributed by atoms with Gasteiger partial charge in [-0.3, -0.25) is 4.79 Å². The molecule has 0 radical (unpaired) electrons. The van der Waals surface area contributed by atoms with Gasteiger partial charge in [0.15, 0.2) is 0 Å². The molecule has 2 aromatic heterocycles. The molecule has 1 fully saturated rings. The van der Waals surface area contributed by atoms with Crippen molar-refractivity contribution in [2.24, 2.45) is 5.92 Å². The second-order valence-corrected chi connectivity index (χ2v) is 10.5. The van der Waals surface area contributed by atoms with Crippen molar-refractivity contribution in [3.8, 4) is 10.4 Å². The molecule has 0 bridgehead atoms. The van der Waals surface area contributed by atoms with E-state index in [1.54, 1.807) is 24.4 Å². The van der Waals surface area contributed by atoms with Crippen LogP contribution in [0, 0.1) is 18.7 Å². The molecule has 2 unspecified atom stereocenters. The van der Waals surface area contributed by atoms with E-state index < -0.39 is 11.7 Å². The zero-order valence-corrected chi connectivity index (χ0v) is 22.7. The minimum absolute atomic E-state index is 0.146. The molecule has 0 saturated carbocycles. The number of amides is 1. The Morgan fingerprint density at radius 1 is 1.11 bits per heavy atom. The number of halogens is 4. The molecule has 4 aromatic rings. The van der Waals surface area contributed by atoms with E-state index in [4.69, 9.17) is 0 Å². The molecule has 5 rings (SSSR count). The fourth-order valence-corrected chi connectivity index (χ4v) is 5.94. The summed E-state index contributed by atoms with van der Waals surface area (Å²) in [6.45, 7) is 8.98. The van der Waals surface area contributed by atoms with Gasteiger partial charge < -0.3 is 9.47 Å². The normalized spacial score (nSPS) is 17.8. The van der Waals surface area contributed by atoms with E-state index in [1.807, 2.05) is 30.2 Å². The van der Waals surface area contributed by atoms with Gasteiger partial charge >= 0.3 is 6.18 Å². The molecular formula is C29H31F4N3OS. The first-order valence-corrected chi connectivity index (χ1v) is 13.6. The van der Waals surface area contributed by atoms with E-state index in [9.17, 15) is 22.4 Å². The van der Waals surface area contributed by atoms with Crippen molar-refractivity contribution in [1.82, 2.24) is 14.5 Å². The Kier molecular flexibility index (Phi) is 8.25. The van der Waals surface area contributed by atoms with Crippen molar-refractivity contribution < 1.29 is 22.4 Å². The third-order valence-corrected chi connectivity index (χ3v) is 7.92. The Labute approximate surface area is 223 Å². The van der Waals surface area contributed by atoms with E-state index in [-0.39, 0.29) is 23.7 Å². The Morgan fingerprint density at radius 3 is 2.50 bits per heavy atom. The van der Waals surface area contributed by atoms with E-state index in [0.717, 1.165) is 35.5 Å². The maximum absolute atomic E-state index is 13.8. The second kappa shape index (κ2) is 11.3. The van der Waals surface area contributed by atoms with Crippen molar-refractivity contribution in [3.05, 3.63) is 76.8 Å². The molecular weight excluding hydrogens is 514 g/mol. The molecule has 0 aliphatic carbocycles. The molecule has 38 heavy (non-hydrogen) atoms. The highest BCUT2D eigenvalue weighted by Gasteiger charge is 2.35. The van der Waals surface area contributed by atoms with Gasteiger partial charge in [-0.15, -0.1) is 11.3 Å². The van der Waals surface area contributed by atoms with Crippen molar-refractivity contribution >= 4 is 28.1 Å². The predicted octanol–water partition coefficient (Wildman–Crippen LogP) is 8.20.